The number of hydrogen-bond donors (Lipinski definition) is 1. The zero-order valence-corrected chi connectivity index (χ0v) is 9.11. The Bertz CT molecular complexity index is 364. The lowest BCUT2D eigenvalue weighted by atomic mass is 10.6. The number of aryl methyl sites for hydroxylation is 1. The van der Waals surface area contributed by atoms with Crippen molar-refractivity contribution >= 4 is 17.4 Å². The molecule has 0 spiro atoms. The van der Waals surface area contributed by atoms with E-state index in [1.165, 1.54) is 11.3 Å². The van der Waals surface area contributed by atoms with Gasteiger partial charge in [-0.1, -0.05) is 0 Å². The van der Waals surface area contributed by atoms with Gasteiger partial charge in [0.05, 0.1) is 6.54 Å². The van der Waals surface area contributed by atoms with Gasteiger partial charge >= 0.3 is 12.3 Å². The first kappa shape index (κ1) is 12.8. The minimum absolute atomic E-state index is 0.0647. The molecule has 0 atom stereocenters. The lowest BCUT2D eigenvalue weighted by Crippen LogP contribution is -2.28. The summed E-state index contributed by atoms with van der Waals surface area (Å²) in [5, 5.41) is 2.78. The molecule has 8 heteroatoms. The molecule has 16 heavy (non-hydrogen) atoms. The van der Waals surface area contributed by atoms with Gasteiger partial charge in [-0.15, -0.1) is 11.3 Å². The van der Waals surface area contributed by atoms with E-state index in [-0.39, 0.29) is 6.54 Å². The molecule has 0 saturated carbocycles. The fourth-order valence-corrected chi connectivity index (χ4v) is 1.56. The smallest absolute Gasteiger partial charge is 0.422 e. The molecule has 0 radical (unpaired) electrons. The van der Waals surface area contributed by atoms with Crippen LogP contribution in [0.4, 0.5) is 18.0 Å². The summed E-state index contributed by atoms with van der Waals surface area (Å²) in [7, 11) is 0. The van der Waals surface area contributed by atoms with Crippen LogP contribution < -0.4 is 5.32 Å². The van der Waals surface area contributed by atoms with Gasteiger partial charge in [0.2, 0.25) is 0 Å². The van der Waals surface area contributed by atoms with E-state index in [1.54, 1.807) is 6.20 Å². The number of alkyl halides is 3. The average Bonchev–Trinajstić information content (AvgIpc) is 2.57. The number of thiazole rings is 1. The Morgan fingerprint density at radius 1 is 1.62 bits per heavy atom. The van der Waals surface area contributed by atoms with E-state index in [2.05, 4.69) is 15.0 Å². The van der Waals surface area contributed by atoms with Crippen LogP contribution in [0.3, 0.4) is 0 Å². The van der Waals surface area contributed by atoms with Crippen LogP contribution in [0.15, 0.2) is 6.20 Å². The molecule has 1 aromatic rings. The van der Waals surface area contributed by atoms with Gasteiger partial charge in [0.25, 0.3) is 0 Å². The highest BCUT2D eigenvalue weighted by Crippen LogP contribution is 2.14. The van der Waals surface area contributed by atoms with Gasteiger partial charge in [0.15, 0.2) is 6.61 Å². The highest BCUT2D eigenvalue weighted by Gasteiger charge is 2.29. The predicted octanol–water partition coefficient (Wildman–Crippen LogP) is 2.24. The Balaban J connectivity index is 2.25. The van der Waals surface area contributed by atoms with Crippen molar-refractivity contribution in [2.24, 2.45) is 0 Å². The van der Waals surface area contributed by atoms with Gasteiger partial charge in [0.1, 0.15) is 5.01 Å². The first-order valence-corrected chi connectivity index (χ1v) is 5.07. The van der Waals surface area contributed by atoms with Crippen LogP contribution in [-0.2, 0) is 11.3 Å². The van der Waals surface area contributed by atoms with E-state index in [1.807, 2.05) is 6.92 Å². The molecule has 1 rings (SSSR count). The maximum atomic E-state index is 11.7. The summed E-state index contributed by atoms with van der Waals surface area (Å²) < 4.78 is 38.9. The molecule has 0 aliphatic heterocycles. The van der Waals surface area contributed by atoms with Gasteiger partial charge in [-0.05, 0) is 6.92 Å². The molecule has 0 unspecified atom stereocenters. The minimum atomic E-state index is -4.50. The van der Waals surface area contributed by atoms with Crippen molar-refractivity contribution in [3.8, 4) is 0 Å². The number of nitrogens with zero attached hydrogens (tertiary/aromatic N) is 1. The number of alkyl carbamates (subject to hydrolysis) is 1. The Labute approximate surface area is 93.4 Å². The molecule has 0 aromatic carbocycles. The van der Waals surface area contributed by atoms with E-state index in [4.69, 9.17) is 0 Å². The monoisotopic (exact) mass is 254 g/mol. The van der Waals surface area contributed by atoms with Crippen molar-refractivity contribution in [2.45, 2.75) is 19.6 Å². The molecule has 1 amide bonds. The third-order valence-electron chi connectivity index (χ3n) is 1.42. The topological polar surface area (TPSA) is 51.2 Å². The maximum Gasteiger partial charge on any atom is 0.422 e. The van der Waals surface area contributed by atoms with Crippen LogP contribution in [-0.4, -0.2) is 23.9 Å². The van der Waals surface area contributed by atoms with Crippen molar-refractivity contribution < 1.29 is 22.7 Å². The SMILES string of the molecule is Cc1cnc(CNC(=O)OCC(F)(F)F)s1. The van der Waals surface area contributed by atoms with Crippen LogP contribution >= 0.6 is 11.3 Å². The van der Waals surface area contributed by atoms with E-state index in [0.29, 0.717) is 5.01 Å². The third-order valence-corrected chi connectivity index (χ3v) is 2.33. The van der Waals surface area contributed by atoms with Crippen molar-refractivity contribution in [3.05, 3.63) is 16.1 Å². The van der Waals surface area contributed by atoms with Gasteiger partial charge in [0, 0.05) is 11.1 Å². The van der Waals surface area contributed by atoms with Crippen LogP contribution in [0, 0.1) is 6.92 Å². The highest BCUT2D eigenvalue weighted by molar-refractivity contribution is 7.11. The molecule has 0 aliphatic rings. The van der Waals surface area contributed by atoms with Gasteiger partial charge in [-0.2, -0.15) is 13.2 Å². The number of ether oxygens (including phenoxy) is 1. The van der Waals surface area contributed by atoms with Crippen molar-refractivity contribution in [1.82, 2.24) is 10.3 Å². The largest absolute Gasteiger partial charge is 0.440 e. The lowest BCUT2D eigenvalue weighted by molar-refractivity contribution is -0.160. The van der Waals surface area contributed by atoms with E-state index >= 15 is 0 Å². The van der Waals surface area contributed by atoms with Crippen LogP contribution in [0.5, 0.6) is 0 Å². The molecular weight excluding hydrogens is 245 g/mol. The highest BCUT2D eigenvalue weighted by atomic mass is 32.1. The lowest BCUT2D eigenvalue weighted by Gasteiger charge is -2.07. The summed E-state index contributed by atoms with van der Waals surface area (Å²) >= 11 is 1.35. The first-order chi connectivity index (χ1) is 7.37. The second-order valence-electron chi connectivity index (χ2n) is 2.91. The number of carbonyl (C=O) groups excluding carboxylic acids is 1. The average molecular weight is 254 g/mol. The number of hydrogen-bond acceptors (Lipinski definition) is 4. The van der Waals surface area contributed by atoms with Crippen molar-refractivity contribution in [3.63, 3.8) is 0 Å². The number of rotatable bonds is 3. The zero-order chi connectivity index (χ0) is 12.2. The number of halogens is 3. The van der Waals surface area contributed by atoms with E-state index < -0.39 is 18.9 Å². The molecule has 1 aromatic heterocycles. The first-order valence-electron chi connectivity index (χ1n) is 4.25. The summed E-state index contributed by atoms with van der Waals surface area (Å²) in [5.74, 6) is 0. The molecular formula is C8H9F3N2O2S. The molecule has 90 valence electrons. The normalized spacial score (nSPS) is 11.2. The Hall–Kier alpha value is -1.31. The fraction of sp³-hybridized carbons (Fsp3) is 0.500. The fourth-order valence-electron chi connectivity index (χ4n) is 0.829. The molecule has 0 bridgehead atoms. The number of carbonyl (C=O) groups is 1. The summed E-state index contributed by atoms with van der Waals surface area (Å²) in [6.45, 7) is 0.314. The Morgan fingerprint density at radius 3 is 2.81 bits per heavy atom. The van der Waals surface area contributed by atoms with Gasteiger partial charge < -0.3 is 10.1 Å². The Kier molecular flexibility index (Phi) is 4.11. The summed E-state index contributed by atoms with van der Waals surface area (Å²) in [4.78, 5) is 15.7. The molecule has 0 saturated heterocycles. The summed E-state index contributed by atoms with van der Waals surface area (Å²) in [6, 6.07) is 0. The number of amides is 1. The van der Waals surface area contributed by atoms with Crippen molar-refractivity contribution in [1.29, 1.82) is 0 Å². The molecule has 1 N–H and O–H groups in total. The number of aromatic nitrogens is 1. The maximum absolute atomic E-state index is 11.7. The molecule has 0 fully saturated rings. The van der Waals surface area contributed by atoms with E-state index in [9.17, 15) is 18.0 Å². The van der Waals surface area contributed by atoms with Crippen molar-refractivity contribution in [2.75, 3.05) is 6.61 Å². The zero-order valence-electron chi connectivity index (χ0n) is 8.30. The number of nitrogens with one attached hydrogen (secondary N) is 1. The molecule has 4 nitrogen and oxygen atoms in total. The summed E-state index contributed by atoms with van der Waals surface area (Å²) in [6.07, 6.45) is -4.00. The Morgan fingerprint density at radius 2 is 2.31 bits per heavy atom. The van der Waals surface area contributed by atoms with Gasteiger partial charge in [-0.25, -0.2) is 9.78 Å². The van der Waals surface area contributed by atoms with E-state index in [0.717, 1.165) is 4.88 Å². The molecule has 0 aliphatic carbocycles. The summed E-state index contributed by atoms with van der Waals surface area (Å²) in [5.41, 5.74) is 0. The second-order valence-corrected chi connectivity index (χ2v) is 4.23. The third kappa shape index (κ3) is 4.96. The van der Waals surface area contributed by atoms with Crippen LogP contribution in [0.1, 0.15) is 9.88 Å². The second kappa shape index (κ2) is 5.15. The predicted molar refractivity (Wildman–Crippen MR) is 51.1 cm³/mol. The molecule has 1 heterocycles. The minimum Gasteiger partial charge on any atom is -0.440 e. The van der Waals surface area contributed by atoms with Crippen LogP contribution in [0.25, 0.3) is 0 Å². The quantitative estimate of drug-likeness (QED) is 0.900. The van der Waals surface area contributed by atoms with Crippen LogP contribution in [0.2, 0.25) is 0 Å². The van der Waals surface area contributed by atoms with Gasteiger partial charge in [-0.3, -0.25) is 0 Å². The standard InChI is InChI=1S/C8H9F3N2O2S/c1-5-2-12-6(16-5)3-13-7(14)15-4-8(9,10)11/h2H,3-4H2,1H3,(H,13,14).